The topological polar surface area (TPSA) is 20.2 Å². The van der Waals surface area contributed by atoms with Crippen molar-refractivity contribution in [1.29, 1.82) is 0 Å². The molecular weight excluding hydrogens is 376 g/mol. The van der Waals surface area contributed by atoms with Crippen LogP contribution in [0.25, 0.3) is 0 Å². The van der Waals surface area contributed by atoms with Gasteiger partial charge in [-0.05, 0) is 36.0 Å². The van der Waals surface area contributed by atoms with Gasteiger partial charge in [0.25, 0.3) is 0 Å². The number of rotatable bonds is 15. The zero-order chi connectivity index (χ0) is 22.5. The highest BCUT2D eigenvalue weighted by Crippen LogP contribution is 2.42. The Morgan fingerprint density at radius 1 is 0.645 bits per heavy atom. The molecule has 0 aliphatic heterocycles. The quantitative estimate of drug-likeness (QED) is 0.283. The molecule has 1 heteroatoms. The molecule has 31 heavy (non-hydrogen) atoms. The van der Waals surface area contributed by atoms with E-state index in [1.165, 1.54) is 88.2 Å². The predicted octanol–water partition coefficient (Wildman–Crippen LogP) is 9.52. The van der Waals surface area contributed by atoms with Gasteiger partial charge in [-0.2, -0.15) is 0 Å². The summed E-state index contributed by atoms with van der Waals surface area (Å²) in [6.07, 6.45) is 16.0. The van der Waals surface area contributed by atoms with Gasteiger partial charge in [-0.1, -0.05) is 134 Å². The van der Waals surface area contributed by atoms with E-state index in [0.717, 1.165) is 5.56 Å². The van der Waals surface area contributed by atoms with Gasteiger partial charge < -0.3 is 5.11 Å². The Kier molecular flexibility index (Phi) is 11.2. The molecule has 1 nitrogen and oxygen atoms in total. The van der Waals surface area contributed by atoms with E-state index in [4.69, 9.17) is 0 Å². The Morgan fingerprint density at radius 3 is 1.77 bits per heavy atom. The summed E-state index contributed by atoms with van der Waals surface area (Å²) < 4.78 is 0. The smallest absolute Gasteiger partial charge is 0.119 e. The van der Waals surface area contributed by atoms with Gasteiger partial charge in [0.2, 0.25) is 0 Å². The van der Waals surface area contributed by atoms with E-state index in [1.54, 1.807) is 0 Å². The Labute approximate surface area is 192 Å². The summed E-state index contributed by atoms with van der Waals surface area (Å²) in [4.78, 5) is 0. The van der Waals surface area contributed by atoms with Crippen molar-refractivity contribution >= 4 is 0 Å². The normalized spacial score (nSPS) is 12.8. The van der Waals surface area contributed by atoms with Crippen LogP contribution in [-0.4, -0.2) is 5.11 Å². The molecule has 1 unspecified atom stereocenters. The maximum Gasteiger partial charge on any atom is 0.119 e. The number of hydrogen-bond acceptors (Lipinski definition) is 1. The first-order chi connectivity index (χ1) is 15.0. The van der Waals surface area contributed by atoms with Crippen LogP contribution in [0.2, 0.25) is 0 Å². The van der Waals surface area contributed by atoms with Crippen LogP contribution in [0.4, 0.5) is 0 Å². The lowest BCUT2D eigenvalue weighted by Crippen LogP contribution is -2.22. The van der Waals surface area contributed by atoms with Gasteiger partial charge in [-0.3, -0.25) is 0 Å². The third kappa shape index (κ3) is 7.70. The molecule has 1 atom stereocenters. The molecule has 0 fully saturated rings. The summed E-state index contributed by atoms with van der Waals surface area (Å²) in [5.41, 5.74) is 3.68. The summed E-state index contributed by atoms with van der Waals surface area (Å²) in [5, 5.41) is 10.6. The second kappa shape index (κ2) is 13.6. The van der Waals surface area contributed by atoms with Crippen LogP contribution >= 0.6 is 0 Å². The Balaban J connectivity index is 2.18. The highest BCUT2D eigenvalue weighted by atomic mass is 16.3. The fourth-order valence-electron chi connectivity index (χ4n) is 5.01. The van der Waals surface area contributed by atoms with Gasteiger partial charge in [0.15, 0.2) is 0 Å². The van der Waals surface area contributed by atoms with Crippen molar-refractivity contribution in [3.8, 4) is 5.75 Å². The van der Waals surface area contributed by atoms with Crippen LogP contribution in [0.5, 0.6) is 5.75 Å². The molecule has 0 saturated heterocycles. The number of phenolic OH excluding ortho intramolecular Hbond substituents is 1. The monoisotopic (exact) mass is 422 g/mol. The van der Waals surface area contributed by atoms with Crippen LogP contribution in [0.15, 0.2) is 48.5 Å². The third-order valence-corrected chi connectivity index (χ3v) is 6.96. The molecule has 0 aromatic heterocycles. The number of phenols is 1. The minimum Gasteiger partial charge on any atom is -0.508 e. The Morgan fingerprint density at radius 2 is 1.13 bits per heavy atom. The predicted molar refractivity (Wildman–Crippen MR) is 136 cm³/mol. The van der Waals surface area contributed by atoms with Crippen molar-refractivity contribution in [2.75, 3.05) is 0 Å². The van der Waals surface area contributed by atoms with Crippen molar-refractivity contribution in [2.24, 2.45) is 0 Å². The molecule has 0 aliphatic carbocycles. The molecule has 1 N–H and O–H groups in total. The summed E-state index contributed by atoms with van der Waals surface area (Å²) in [7, 11) is 0. The molecule has 0 heterocycles. The van der Waals surface area contributed by atoms with Crippen molar-refractivity contribution in [2.45, 2.75) is 116 Å². The maximum atomic E-state index is 10.6. The summed E-state index contributed by atoms with van der Waals surface area (Å²) in [6, 6.07) is 16.9. The molecule has 0 saturated carbocycles. The highest BCUT2D eigenvalue weighted by Gasteiger charge is 2.30. The number of aromatic hydroxyl groups is 1. The van der Waals surface area contributed by atoms with E-state index < -0.39 is 0 Å². The van der Waals surface area contributed by atoms with Crippen LogP contribution in [0.1, 0.15) is 127 Å². The molecule has 2 aromatic carbocycles. The van der Waals surface area contributed by atoms with Gasteiger partial charge in [-0.15, -0.1) is 0 Å². The SMILES string of the molecule is CCCCCCCCCC(CCCCC)c1ccccc1C(C)(C)c1ccccc1O. The third-order valence-electron chi connectivity index (χ3n) is 6.96. The number of benzene rings is 2. The molecule has 0 amide bonds. The van der Waals surface area contributed by atoms with Crippen molar-refractivity contribution < 1.29 is 5.11 Å². The molecule has 0 aliphatic rings. The molecule has 0 spiro atoms. The van der Waals surface area contributed by atoms with E-state index in [9.17, 15) is 5.11 Å². The first kappa shape index (κ1) is 25.5. The zero-order valence-electron chi connectivity index (χ0n) is 20.6. The van der Waals surface area contributed by atoms with Crippen LogP contribution < -0.4 is 0 Å². The van der Waals surface area contributed by atoms with Crippen molar-refractivity contribution in [3.63, 3.8) is 0 Å². The number of unbranched alkanes of at least 4 members (excludes halogenated alkanes) is 8. The van der Waals surface area contributed by atoms with Gasteiger partial charge in [0.1, 0.15) is 5.75 Å². The van der Waals surface area contributed by atoms with E-state index in [1.807, 2.05) is 18.2 Å². The van der Waals surface area contributed by atoms with Crippen LogP contribution in [-0.2, 0) is 5.41 Å². The molecule has 0 bridgehead atoms. The lowest BCUT2D eigenvalue weighted by atomic mass is 9.72. The number of hydrogen-bond donors (Lipinski definition) is 1. The summed E-state index contributed by atoms with van der Waals surface area (Å²) >= 11 is 0. The van der Waals surface area contributed by atoms with Crippen LogP contribution in [0.3, 0.4) is 0 Å². The Bertz CT molecular complexity index is 746. The standard InChI is InChI=1S/C30H46O/c1-5-7-9-10-11-12-14-20-25(19-13-8-6-2)26-21-15-16-22-27(26)30(3,4)28-23-17-18-24-29(28)31/h15-18,21-25,31H,5-14,19-20H2,1-4H3. The zero-order valence-corrected chi connectivity index (χ0v) is 20.6. The van der Waals surface area contributed by atoms with E-state index in [0.29, 0.717) is 11.7 Å². The molecule has 0 radical (unpaired) electrons. The average Bonchev–Trinajstić information content (AvgIpc) is 2.77. The van der Waals surface area contributed by atoms with E-state index in [2.05, 4.69) is 58.0 Å². The second-order valence-electron chi connectivity index (χ2n) is 9.83. The second-order valence-corrected chi connectivity index (χ2v) is 9.83. The van der Waals surface area contributed by atoms with E-state index >= 15 is 0 Å². The van der Waals surface area contributed by atoms with Crippen molar-refractivity contribution in [3.05, 3.63) is 65.2 Å². The highest BCUT2D eigenvalue weighted by molar-refractivity contribution is 5.48. The summed E-state index contributed by atoms with van der Waals surface area (Å²) in [5.74, 6) is 1.01. The summed E-state index contributed by atoms with van der Waals surface area (Å²) in [6.45, 7) is 9.10. The van der Waals surface area contributed by atoms with Gasteiger partial charge >= 0.3 is 0 Å². The minimum atomic E-state index is -0.217. The number of para-hydroxylation sites is 1. The largest absolute Gasteiger partial charge is 0.508 e. The molecule has 2 rings (SSSR count). The van der Waals surface area contributed by atoms with E-state index in [-0.39, 0.29) is 5.41 Å². The Hall–Kier alpha value is -1.76. The molecule has 2 aromatic rings. The first-order valence-corrected chi connectivity index (χ1v) is 12.9. The van der Waals surface area contributed by atoms with Crippen LogP contribution in [0, 0.1) is 0 Å². The van der Waals surface area contributed by atoms with Gasteiger partial charge in [0.05, 0.1) is 0 Å². The molecular formula is C30H46O. The average molecular weight is 423 g/mol. The van der Waals surface area contributed by atoms with Crippen molar-refractivity contribution in [1.82, 2.24) is 0 Å². The maximum absolute atomic E-state index is 10.6. The molecule has 172 valence electrons. The fraction of sp³-hybridized carbons (Fsp3) is 0.600. The van der Waals surface area contributed by atoms with Gasteiger partial charge in [0, 0.05) is 11.0 Å². The first-order valence-electron chi connectivity index (χ1n) is 12.9. The fourth-order valence-corrected chi connectivity index (χ4v) is 5.01. The minimum absolute atomic E-state index is 0.217. The van der Waals surface area contributed by atoms with Gasteiger partial charge in [-0.25, -0.2) is 0 Å². The lowest BCUT2D eigenvalue weighted by Gasteiger charge is -2.32. The lowest BCUT2D eigenvalue weighted by molar-refractivity contribution is 0.449.